The Balaban J connectivity index is 1.66. The SMILES string of the molecule is COc1cccc(C(=O)Nc2ccc(N3CCNCC3)cc2)c1. The summed E-state index contributed by atoms with van der Waals surface area (Å²) in [6.07, 6.45) is 0. The normalized spacial score (nSPS) is 14.4. The Morgan fingerprint density at radius 1 is 1.13 bits per heavy atom. The molecule has 0 atom stereocenters. The number of hydrogen-bond donors (Lipinski definition) is 2. The molecular weight excluding hydrogens is 290 g/mol. The van der Waals surface area contributed by atoms with Gasteiger partial charge >= 0.3 is 0 Å². The summed E-state index contributed by atoms with van der Waals surface area (Å²) < 4.78 is 5.15. The van der Waals surface area contributed by atoms with E-state index in [1.165, 1.54) is 5.69 Å². The molecule has 3 rings (SSSR count). The van der Waals surface area contributed by atoms with Gasteiger partial charge in [0, 0.05) is 43.1 Å². The number of anilines is 2. The predicted octanol–water partition coefficient (Wildman–Crippen LogP) is 2.36. The largest absolute Gasteiger partial charge is 0.497 e. The van der Waals surface area contributed by atoms with Crippen molar-refractivity contribution in [2.75, 3.05) is 43.5 Å². The molecule has 1 saturated heterocycles. The molecule has 5 heteroatoms. The van der Waals surface area contributed by atoms with Crippen molar-refractivity contribution < 1.29 is 9.53 Å². The Morgan fingerprint density at radius 2 is 1.87 bits per heavy atom. The number of amides is 1. The summed E-state index contributed by atoms with van der Waals surface area (Å²) in [7, 11) is 1.59. The minimum absolute atomic E-state index is 0.140. The van der Waals surface area contributed by atoms with Crippen molar-refractivity contribution >= 4 is 17.3 Å². The molecule has 2 N–H and O–H groups in total. The number of ether oxygens (including phenoxy) is 1. The molecule has 1 aliphatic heterocycles. The molecule has 1 amide bonds. The Morgan fingerprint density at radius 3 is 2.57 bits per heavy atom. The fourth-order valence-corrected chi connectivity index (χ4v) is 2.65. The number of methoxy groups -OCH3 is 1. The van der Waals surface area contributed by atoms with Gasteiger partial charge in [-0.2, -0.15) is 0 Å². The number of benzene rings is 2. The van der Waals surface area contributed by atoms with Crippen LogP contribution in [0.25, 0.3) is 0 Å². The van der Waals surface area contributed by atoms with E-state index in [2.05, 4.69) is 15.5 Å². The molecule has 0 unspecified atom stereocenters. The van der Waals surface area contributed by atoms with Gasteiger partial charge < -0.3 is 20.3 Å². The summed E-state index contributed by atoms with van der Waals surface area (Å²) in [6.45, 7) is 4.04. The van der Waals surface area contributed by atoms with Gasteiger partial charge in [-0.05, 0) is 42.5 Å². The number of carbonyl (C=O) groups is 1. The molecule has 1 heterocycles. The van der Waals surface area contributed by atoms with Gasteiger partial charge in [-0.15, -0.1) is 0 Å². The van der Waals surface area contributed by atoms with Crippen LogP contribution in [0.15, 0.2) is 48.5 Å². The molecule has 0 aromatic heterocycles. The maximum absolute atomic E-state index is 12.3. The highest BCUT2D eigenvalue weighted by Gasteiger charge is 2.11. The fraction of sp³-hybridized carbons (Fsp3) is 0.278. The van der Waals surface area contributed by atoms with Crippen LogP contribution in [0.4, 0.5) is 11.4 Å². The molecule has 120 valence electrons. The van der Waals surface area contributed by atoms with Gasteiger partial charge in [0.25, 0.3) is 5.91 Å². The smallest absolute Gasteiger partial charge is 0.255 e. The molecule has 0 radical (unpaired) electrons. The zero-order valence-electron chi connectivity index (χ0n) is 13.2. The van der Waals surface area contributed by atoms with E-state index in [0.29, 0.717) is 11.3 Å². The maximum Gasteiger partial charge on any atom is 0.255 e. The Labute approximate surface area is 136 Å². The van der Waals surface area contributed by atoms with Crippen LogP contribution in [-0.2, 0) is 0 Å². The third-order valence-electron chi connectivity index (χ3n) is 3.94. The lowest BCUT2D eigenvalue weighted by Gasteiger charge is -2.29. The summed E-state index contributed by atoms with van der Waals surface area (Å²) in [5.41, 5.74) is 2.55. The van der Waals surface area contributed by atoms with Crippen LogP contribution in [0.3, 0.4) is 0 Å². The number of piperazine rings is 1. The standard InChI is InChI=1S/C18H21N3O2/c1-23-17-4-2-3-14(13-17)18(22)20-15-5-7-16(8-6-15)21-11-9-19-10-12-21/h2-8,13,19H,9-12H2,1H3,(H,20,22). The first-order valence-electron chi connectivity index (χ1n) is 7.77. The number of rotatable bonds is 4. The second-order valence-electron chi connectivity index (χ2n) is 5.47. The zero-order valence-corrected chi connectivity index (χ0v) is 13.2. The molecule has 1 fully saturated rings. The topological polar surface area (TPSA) is 53.6 Å². The quantitative estimate of drug-likeness (QED) is 0.910. The van der Waals surface area contributed by atoms with Crippen molar-refractivity contribution in [1.82, 2.24) is 5.32 Å². The van der Waals surface area contributed by atoms with Gasteiger partial charge in [0.05, 0.1) is 7.11 Å². The molecule has 0 saturated carbocycles. The van der Waals surface area contributed by atoms with Crippen molar-refractivity contribution in [3.63, 3.8) is 0 Å². The van der Waals surface area contributed by atoms with Crippen molar-refractivity contribution in [2.24, 2.45) is 0 Å². The highest BCUT2D eigenvalue weighted by atomic mass is 16.5. The van der Waals surface area contributed by atoms with Gasteiger partial charge in [0.15, 0.2) is 0 Å². The number of nitrogens with one attached hydrogen (secondary N) is 2. The molecule has 2 aromatic rings. The average Bonchev–Trinajstić information content (AvgIpc) is 2.63. The molecule has 0 spiro atoms. The lowest BCUT2D eigenvalue weighted by molar-refractivity contribution is 0.102. The van der Waals surface area contributed by atoms with E-state index in [0.717, 1.165) is 31.9 Å². The first-order chi connectivity index (χ1) is 11.3. The molecule has 0 aliphatic carbocycles. The lowest BCUT2D eigenvalue weighted by Crippen LogP contribution is -2.43. The van der Waals surface area contributed by atoms with Crippen molar-refractivity contribution in [2.45, 2.75) is 0 Å². The second kappa shape index (κ2) is 7.15. The monoisotopic (exact) mass is 311 g/mol. The highest BCUT2D eigenvalue weighted by Crippen LogP contribution is 2.19. The Kier molecular flexibility index (Phi) is 4.78. The van der Waals surface area contributed by atoms with E-state index < -0.39 is 0 Å². The lowest BCUT2D eigenvalue weighted by atomic mass is 10.2. The van der Waals surface area contributed by atoms with E-state index in [1.54, 1.807) is 25.3 Å². The second-order valence-corrected chi connectivity index (χ2v) is 5.47. The molecule has 5 nitrogen and oxygen atoms in total. The minimum atomic E-state index is -0.140. The summed E-state index contributed by atoms with van der Waals surface area (Å²) in [6, 6.07) is 15.1. The third-order valence-corrected chi connectivity index (χ3v) is 3.94. The fourth-order valence-electron chi connectivity index (χ4n) is 2.65. The summed E-state index contributed by atoms with van der Waals surface area (Å²) in [5, 5.41) is 6.25. The Hall–Kier alpha value is -2.53. The summed E-state index contributed by atoms with van der Waals surface area (Å²) in [4.78, 5) is 14.6. The van der Waals surface area contributed by atoms with E-state index in [9.17, 15) is 4.79 Å². The van der Waals surface area contributed by atoms with Gasteiger partial charge in [0.2, 0.25) is 0 Å². The molecule has 0 bridgehead atoms. The van der Waals surface area contributed by atoms with Gasteiger partial charge in [-0.25, -0.2) is 0 Å². The predicted molar refractivity (Wildman–Crippen MR) is 92.5 cm³/mol. The van der Waals surface area contributed by atoms with Crippen LogP contribution in [0.1, 0.15) is 10.4 Å². The first kappa shape index (κ1) is 15.4. The van der Waals surface area contributed by atoms with Gasteiger partial charge in [0.1, 0.15) is 5.75 Å². The van der Waals surface area contributed by atoms with Crippen LogP contribution in [0, 0.1) is 0 Å². The van der Waals surface area contributed by atoms with Crippen LogP contribution >= 0.6 is 0 Å². The van der Waals surface area contributed by atoms with Crippen molar-refractivity contribution in [1.29, 1.82) is 0 Å². The average molecular weight is 311 g/mol. The van der Waals surface area contributed by atoms with E-state index in [-0.39, 0.29) is 5.91 Å². The van der Waals surface area contributed by atoms with Crippen molar-refractivity contribution in [3.8, 4) is 5.75 Å². The third kappa shape index (κ3) is 3.81. The van der Waals surface area contributed by atoms with Crippen molar-refractivity contribution in [3.05, 3.63) is 54.1 Å². The zero-order chi connectivity index (χ0) is 16.1. The molecule has 2 aromatic carbocycles. The van der Waals surface area contributed by atoms with Crippen LogP contribution in [-0.4, -0.2) is 39.2 Å². The molecule has 23 heavy (non-hydrogen) atoms. The first-order valence-corrected chi connectivity index (χ1v) is 7.77. The van der Waals surface area contributed by atoms with Crippen LogP contribution in [0.5, 0.6) is 5.75 Å². The minimum Gasteiger partial charge on any atom is -0.497 e. The Bertz CT molecular complexity index is 664. The number of carbonyl (C=O) groups excluding carboxylic acids is 1. The summed E-state index contributed by atoms with van der Waals surface area (Å²) in [5.74, 6) is 0.533. The maximum atomic E-state index is 12.3. The molecular formula is C18H21N3O2. The number of hydrogen-bond acceptors (Lipinski definition) is 4. The summed E-state index contributed by atoms with van der Waals surface area (Å²) >= 11 is 0. The van der Waals surface area contributed by atoms with E-state index in [1.807, 2.05) is 30.3 Å². The van der Waals surface area contributed by atoms with Crippen LogP contribution in [0.2, 0.25) is 0 Å². The highest BCUT2D eigenvalue weighted by molar-refractivity contribution is 6.04. The molecule has 1 aliphatic rings. The van der Waals surface area contributed by atoms with Gasteiger partial charge in [-0.3, -0.25) is 4.79 Å². The van der Waals surface area contributed by atoms with E-state index >= 15 is 0 Å². The number of nitrogens with zero attached hydrogens (tertiary/aromatic N) is 1. The van der Waals surface area contributed by atoms with Crippen LogP contribution < -0.4 is 20.3 Å². The van der Waals surface area contributed by atoms with Gasteiger partial charge in [-0.1, -0.05) is 6.07 Å². The van der Waals surface area contributed by atoms with E-state index in [4.69, 9.17) is 4.74 Å².